The van der Waals surface area contributed by atoms with E-state index in [1.54, 1.807) is 11.3 Å². The van der Waals surface area contributed by atoms with Crippen molar-refractivity contribution in [2.75, 3.05) is 19.6 Å². The molecule has 1 aliphatic carbocycles. The van der Waals surface area contributed by atoms with Crippen molar-refractivity contribution < 1.29 is 13.9 Å². The lowest BCUT2D eigenvalue weighted by Crippen LogP contribution is -2.42. The second-order valence-electron chi connectivity index (χ2n) is 9.22. The Morgan fingerprint density at radius 2 is 2.31 bits per heavy atom. The van der Waals surface area contributed by atoms with Gasteiger partial charge in [0.25, 0.3) is 0 Å². The zero-order valence-electron chi connectivity index (χ0n) is 16.7. The van der Waals surface area contributed by atoms with E-state index < -0.39 is 0 Å². The average molecular weight is 414 g/mol. The molecule has 3 aliphatic heterocycles. The molecular weight excluding hydrogens is 386 g/mol. The fraction of sp³-hybridized carbons (Fsp3) is 0.636. The molecule has 0 aromatic carbocycles. The monoisotopic (exact) mass is 413 g/mol. The first kappa shape index (κ1) is 18.1. The normalized spacial score (nSPS) is 33.3. The highest BCUT2D eigenvalue weighted by Crippen LogP contribution is 2.54. The number of nitrogens with one attached hydrogen (secondary N) is 1. The Kier molecular flexibility index (Phi) is 4.15. The third-order valence-corrected chi connectivity index (χ3v) is 8.17. The summed E-state index contributed by atoms with van der Waals surface area (Å²) in [6.07, 6.45) is 4.70. The maximum Gasteiger partial charge on any atom is 0.236 e. The van der Waals surface area contributed by atoms with Crippen molar-refractivity contribution in [3.05, 3.63) is 29.0 Å². The van der Waals surface area contributed by atoms with Crippen molar-refractivity contribution in [3.8, 4) is 10.8 Å². The van der Waals surface area contributed by atoms with Crippen molar-refractivity contribution in [1.82, 2.24) is 15.2 Å². The molecule has 7 heteroatoms. The van der Waals surface area contributed by atoms with Crippen LogP contribution in [0.5, 0.6) is 0 Å². The predicted octanol–water partition coefficient (Wildman–Crippen LogP) is 3.22. The first-order valence-electron chi connectivity index (χ1n) is 10.8. The molecule has 2 aromatic rings. The fourth-order valence-electron chi connectivity index (χ4n) is 5.68. The Labute approximate surface area is 174 Å². The quantitative estimate of drug-likeness (QED) is 0.788. The number of aromatic nitrogens is 1. The lowest BCUT2D eigenvalue weighted by atomic mass is 9.73. The van der Waals surface area contributed by atoms with E-state index in [4.69, 9.17) is 14.1 Å². The van der Waals surface area contributed by atoms with E-state index in [9.17, 15) is 4.79 Å². The van der Waals surface area contributed by atoms with Crippen molar-refractivity contribution in [1.29, 1.82) is 0 Å². The Balaban J connectivity index is 1.15. The maximum atomic E-state index is 12.1. The van der Waals surface area contributed by atoms with Crippen LogP contribution in [0.4, 0.5) is 0 Å². The third-order valence-electron chi connectivity index (χ3n) is 7.31. The molecular formula is C22H27N3O3S. The van der Waals surface area contributed by atoms with Gasteiger partial charge in [0.05, 0.1) is 22.3 Å². The molecule has 4 atom stereocenters. The summed E-state index contributed by atoms with van der Waals surface area (Å²) >= 11 is 1.65. The summed E-state index contributed by atoms with van der Waals surface area (Å²) in [5.74, 6) is 3.10. The van der Waals surface area contributed by atoms with E-state index in [1.165, 1.54) is 0 Å². The zero-order chi connectivity index (χ0) is 19.6. The lowest BCUT2D eigenvalue weighted by Gasteiger charge is -2.29. The number of rotatable bonds is 6. The maximum absolute atomic E-state index is 12.1. The van der Waals surface area contributed by atoms with E-state index in [0.29, 0.717) is 17.9 Å². The molecule has 1 amide bonds. The SMILES string of the molecule is Cc1oc(-c2cccs2)nc1CN1C[C@@H]2[C@H](CNC(=O)C3CC3)[C@H]3CC[C@]2(C1)O3. The minimum atomic E-state index is -0.0200. The summed E-state index contributed by atoms with van der Waals surface area (Å²) in [5.41, 5.74) is 1.01. The van der Waals surface area contributed by atoms with E-state index in [1.807, 2.05) is 24.4 Å². The summed E-state index contributed by atoms with van der Waals surface area (Å²) in [6.45, 7) is 5.55. The fourth-order valence-corrected chi connectivity index (χ4v) is 6.33. The Morgan fingerprint density at radius 1 is 1.41 bits per heavy atom. The smallest absolute Gasteiger partial charge is 0.236 e. The number of fused-ring (bicyclic) bond motifs is 1. The highest BCUT2D eigenvalue weighted by atomic mass is 32.1. The molecule has 0 unspecified atom stereocenters. The predicted molar refractivity (Wildman–Crippen MR) is 109 cm³/mol. The van der Waals surface area contributed by atoms with Crippen LogP contribution in [-0.4, -0.2) is 47.1 Å². The largest absolute Gasteiger partial charge is 0.440 e. The number of oxazole rings is 1. The molecule has 6 rings (SSSR count). The van der Waals surface area contributed by atoms with E-state index in [0.717, 1.165) is 74.1 Å². The molecule has 3 saturated heterocycles. The van der Waals surface area contributed by atoms with Crippen LogP contribution in [0.15, 0.2) is 21.9 Å². The molecule has 4 fully saturated rings. The van der Waals surface area contributed by atoms with Crippen LogP contribution in [0.1, 0.15) is 37.1 Å². The number of hydrogen-bond donors (Lipinski definition) is 1. The third kappa shape index (κ3) is 3.05. The number of hydrogen-bond acceptors (Lipinski definition) is 6. The van der Waals surface area contributed by atoms with Gasteiger partial charge in [-0.25, -0.2) is 4.98 Å². The van der Waals surface area contributed by atoms with Crippen LogP contribution in [0.3, 0.4) is 0 Å². The van der Waals surface area contributed by atoms with Gasteiger partial charge in [-0.3, -0.25) is 9.69 Å². The molecule has 4 aliphatic rings. The van der Waals surface area contributed by atoms with Gasteiger partial charge in [-0.1, -0.05) is 6.07 Å². The lowest BCUT2D eigenvalue weighted by molar-refractivity contribution is -0.122. The van der Waals surface area contributed by atoms with Crippen LogP contribution in [0.2, 0.25) is 0 Å². The number of ether oxygens (including phenoxy) is 1. The highest BCUT2D eigenvalue weighted by Gasteiger charge is 2.62. The number of carbonyl (C=O) groups excluding carboxylic acids is 1. The summed E-state index contributed by atoms with van der Waals surface area (Å²) in [4.78, 5) is 20.4. The van der Waals surface area contributed by atoms with Gasteiger partial charge in [-0.2, -0.15) is 0 Å². The first-order chi connectivity index (χ1) is 14.1. The van der Waals surface area contributed by atoms with Gasteiger partial charge in [0.15, 0.2) is 0 Å². The van der Waals surface area contributed by atoms with Gasteiger partial charge >= 0.3 is 0 Å². The standard InChI is InChI=1S/C22H27N3O3S/c1-13-17(24-21(27-13)19-3-2-8-29-19)11-25-10-16-15(9-23-20(26)14-4-5-14)18-6-7-22(16,12-25)28-18/h2-3,8,14-16,18H,4-7,9-12H2,1H3,(H,23,26)/t15-,16+,18+,22+/m0/s1. The van der Waals surface area contributed by atoms with E-state index >= 15 is 0 Å². The number of nitrogens with zero attached hydrogens (tertiary/aromatic N) is 2. The van der Waals surface area contributed by atoms with Crippen molar-refractivity contribution >= 4 is 17.2 Å². The topological polar surface area (TPSA) is 67.6 Å². The van der Waals surface area contributed by atoms with Gasteiger partial charge < -0.3 is 14.5 Å². The molecule has 29 heavy (non-hydrogen) atoms. The van der Waals surface area contributed by atoms with Crippen LogP contribution in [0.25, 0.3) is 10.8 Å². The zero-order valence-corrected chi connectivity index (χ0v) is 17.5. The molecule has 0 radical (unpaired) electrons. The molecule has 5 heterocycles. The Hall–Kier alpha value is -1.70. The van der Waals surface area contributed by atoms with Gasteiger partial charge in [0.2, 0.25) is 11.8 Å². The van der Waals surface area contributed by atoms with Gasteiger partial charge in [-0.15, -0.1) is 11.3 Å². The van der Waals surface area contributed by atoms with Crippen molar-refractivity contribution in [2.24, 2.45) is 17.8 Å². The van der Waals surface area contributed by atoms with Gasteiger partial charge in [0.1, 0.15) is 5.76 Å². The van der Waals surface area contributed by atoms with Crippen LogP contribution in [0, 0.1) is 24.7 Å². The van der Waals surface area contributed by atoms with Crippen LogP contribution >= 0.6 is 11.3 Å². The van der Waals surface area contributed by atoms with Crippen molar-refractivity contribution in [2.45, 2.75) is 50.9 Å². The summed E-state index contributed by atoms with van der Waals surface area (Å²) in [6, 6.07) is 4.07. The highest BCUT2D eigenvalue weighted by molar-refractivity contribution is 7.13. The minimum absolute atomic E-state index is 0.0200. The van der Waals surface area contributed by atoms with E-state index in [-0.39, 0.29) is 17.4 Å². The van der Waals surface area contributed by atoms with Crippen molar-refractivity contribution in [3.63, 3.8) is 0 Å². The average Bonchev–Trinajstić information content (AvgIpc) is 3.10. The molecule has 154 valence electrons. The second-order valence-corrected chi connectivity index (χ2v) is 10.2. The number of thiophene rings is 1. The van der Waals surface area contributed by atoms with Crippen LogP contribution < -0.4 is 5.32 Å². The molecule has 2 aromatic heterocycles. The molecule has 2 bridgehead atoms. The molecule has 6 nitrogen and oxygen atoms in total. The Morgan fingerprint density at radius 3 is 3.10 bits per heavy atom. The van der Waals surface area contributed by atoms with E-state index in [2.05, 4.69) is 10.2 Å². The van der Waals surface area contributed by atoms with Gasteiger partial charge in [-0.05, 0) is 44.1 Å². The summed E-state index contributed by atoms with van der Waals surface area (Å²) in [7, 11) is 0. The molecule has 1 saturated carbocycles. The van der Waals surface area contributed by atoms with Gasteiger partial charge in [0, 0.05) is 43.9 Å². The number of aryl methyl sites for hydroxylation is 1. The summed E-state index contributed by atoms with van der Waals surface area (Å²) in [5, 5.41) is 5.26. The number of likely N-dealkylation sites (tertiary alicyclic amines) is 1. The summed E-state index contributed by atoms with van der Waals surface area (Å²) < 4.78 is 12.5. The number of carbonyl (C=O) groups is 1. The minimum Gasteiger partial charge on any atom is -0.440 e. The molecule has 1 N–H and O–H groups in total. The second kappa shape index (κ2) is 6.65. The van der Waals surface area contributed by atoms with Crippen LogP contribution in [-0.2, 0) is 16.1 Å². The molecule has 1 spiro atoms. The Bertz CT molecular complexity index is 922. The number of amides is 1. The first-order valence-corrected chi connectivity index (χ1v) is 11.7.